The van der Waals surface area contributed by atoms with Gasteiger partial charge in [-0.25, -0.2) is 0 Å². The number of hydrogen-bond acceptors (Lipinski definition) is 2. The molecule has 2 rings (SSSR count). The van der Waals surface area contributed by atoms with E-state index < -0.39 is 0 Å². The number of benzene rings is 2. The van der Waals surface area contributed by atoms with Gasteiger partial charge in [0.15, 0.2) is 0 Å². The minimum Gasteiger partial charge on any atom is -0.366 e. The second kappa shape index (κ2) is 6.35. The fourth-order valence-corrected chi connectivity index (χ4v) is 2.10. The molecule has 3 heteroatoms. The summed E-state index contributed by atoms with van der Waals surface area (Å²) in [5.41, 5.74) is 10.8. The first kappa shape index (κ1) is 14.3. The third-order valence-corrected chi connectivity index (χ3v) is 3.44. The second-order valence-corrected chi connectivity index (χ2v) is 5.09. The van der Waals surface area contributed by atoms with Gasteiger partial charge < -0.3 is 11.1 Å². The van der Waals surface area contributed by atoms with Gasteiger partial charge >= 0.3 is 0 Å². The molecule has 0 radical (unpaired) electrons. The molecule has 0 aliphatic carbocycles. The topological polar surface area (TPSA) is 55.1 Å². The molecule has 0 atom stereocenters. The predicted octanol–water partition coefficient (Wildman–Crippen LogP) is 2.69. The van der Waals surface area contributed by atoms with Crippen molar-refractivity contribution in [2.75, 3.05) is 0 Å². The molecule has 0 fully saturated rings. The number of primary amides is 1. The molecule has 0 saturated carbocycles. The molecule has 0 bridgehead atoms. The van der Waals surface area contributed by atoms with Crippen LogP contribution in [-0.2, 0) is 13.1 Å². The summed E-state index contributed by atoms with van der Waals surface area (Å²) >= 11 is 0. The number of aryl methyl sites for hydroxylation is 2. The highest BCUT2D eigenvalue weighted by atomic mass is 16.1. The van der Waals surface area contributed by atoms with Crippen LogP contribution in [0.5, 0.6) is 0 Å². The van der Waals surface area contributed by atoms with Gasteiger partial charge in [0.2, 0.25) is 5.91 Å². The maximum atomic E-state index is 11.1. The van der Waals surface area contributed by atoms with Crippen LogP contribution < -0.4 is 11.1 Å². The van der Waals surface area contributed by atoms with E-state index in [1.54, 1.807) is 6.07 Å². The molecule has 0 aliphatic rings. The SMILES string of the molecule is Cc1ccc(CNCc2cccc(C(N)=O)c2)cc1C. The molecule has 3 N–H and O–H groups in total. The highest BCUT2D eigenvalue weighted by Crippen LogP contribution is 2.10. The summed E-state index contributed by atoms with van der Waals surface area (Å²) in [6.07, 6.45) is 0. The normalized spacial score (nSPS) is 10.5. The van der Waals surface area contributed by atoms with Crippen LogP contribution in [-0.4, -0.2) is 5.91 Å². The molecule has 20 heavy (non-hydrogen) atoms. The zero-order valence-electron chi connectivity index (χ0n) is 11.9. The van der Waals surface area contributed by atoms with Gasteiger partial charge in [-0.1, -0.05) is 30.3 Å². The summed E-state index contributed by atoms with van der Waals surface area (Å²) in [4.78, 5) is 11.1. The molecule has 2 aromatic carbocycles. The van der Waals surface area contributed by atoms with Gasteiger partial charge in [-0.2, -0.15) is 0 Å². The van der Waals surface area contributed by atoms with Gasteiger partial charge in [0.05, 0.1) is 0 Å². The van der Waals surface area contributed by atoms with E-state index in [4.69, 9.17) is 5.73 Å². The van der Waals surface area contributed by atoms with E-state index in [0.29, 0.717) is 12.1 Å². The summed E-state index contributed by atoms with van der Waals surface area (Å²) in [7, 11) is 0. The van der Waals surface area contributed by atoms with Crippen molar-refractivity contribution in [1.29, 1.82) is 0 Å². The lowest BCUT2D eigenvalue weighted by Crippen LogP contribution is -2.15. The van der Waals surface area contributed by atoms with Gasteiger partial charge in [-0.15, -0.1) is 0 Å². The molecule has 0 unspecified atom stereocenters. The molecular formula is C17H20N2O. The third-order valence-electron chi connectivity index (χ3n) is 3.44. The Bertz CT molecular complexity index is 620. The largest absolute Gasteiger partial charge is 0.366 e. The Balaban J connectivity index is 1.94. The molecule has 1 amide bonds. The summed E-state index contributed by atoms with van der Waals surface area (Å²) in [6, 6.07) is 13.9. The second-order valence-electron chi connectivity index (χ2n) is 5.09. The van der Waals surface area contributed by atoms with E-state index in [2.05, 4.69) is 37.4 Å². The highest BCUT2D eigenvalue weighted by Gasteiger charge is 2.01. The first-order valence-corrected chi connectivity index (χ1v) is 6.72. The lowest BCUT2D eigenvalue weighted by Gasteiger charge is -2.08. The van der Waals surface area contributed by atoms with Gasteiger partial charge in [0, 0.05) is 18.7 Å². The molecule has 0 heterocycles. The van der Waals surface area contributed by atoms with E-state index in [1.807, 2.05) is 18.2 Å². The minimum atomic E-state index is -0.388. The monoisotopic (exact) mass is 268 g/mol. The summed E-state index contributed by atoms with van der Waals surface area (Å²) in [5, 5.41) is 3.38. The van der Waals surface area contributed by atoms with Crippen molar-refractivity contribution in [2.24, 2.45) is 5.73 Å². The third kappa shape index (κ3) is 3.68. The summed E-state index contributed by atoms with van der Waals surface area (Å²) in [5.74, 6) is -0.388. The van der Waals surface area contributed by atoms with Crippen LogP contribution in [0, 0.1) is 13.8 Å². The number of amides is 1. The lowest BCUT2D eigenvalue weighted by molar-refractivity contribution is 0.1000. The number of hydrogen-bond donors (Lipinski definition) is 2. The molecule has 0 spiro atoms. The fourth-order valence-electron chi connectivity index (χ4n) is 2.10. The Morgan fingerprint density at radius 1 is 1.00 bits per heavy atom. The maximum absolute atomic E-state index is 11.1. The quantitative estimate of drug-likeness (QED) is 0.876. The number of carbonyl (C=O) groups excluding carboxylic acids is 1. The van der Waals surface area contributed by atoms with E-state index in [1.165, 1.54) is 16.7 Å². The Morgan fingerprint density at radius 3 is 2.35 bits per heavy atom. The average Bonchev–Trinajstić information content (AvgIpc) is 2.43. The Labute approximate surface area is 119 Å². The van der Waals surface area contributed by atoms with Crippen LogP contribution in [0.3, 0.4) is 0 Å². The average molecular weight is 268 g/mol. The number of rotatable bonds is 5. The van der Waals surface area contributed by atoms with Crippen molar-refractivity contribution >= 4 is 5.91 Å². The van der Waals surface area contributed by atoms with E-state index >= 15 is 0 Å². The Morgan fingerprint density at radius 2 is 1.70 bits per heavy atom. The molecule has 3 nitrogen and oxygen atoms in total. The maximum Gasteiger partial charge on any atom is 0.248 e. The standard InChI is InChI=1S/C17H20N2O/c1-12-6-7-15(8-13(12)2)11-19-10-14-4-3-5-16(9-14)17(18)20/h3-9,19H,10-11H2,1-2H3,(H2,18,20). The van der Waals surface area contributed by atoms with E-state index in [-0.39, 0.29) is 5.91 Å². The Hall–Kier alpha value is -2.13. The smallest absolute Gasteiger partial charge is 0.248 e. The van der Waals surface area contributed by atoms with Crippen molar-refractivity contribution in [3.05, 3.63) is 70.3 Å². The van der Waals surface area contributed by atoms with Gasteiger partial charge in [-0.3, -0.25) is 4.79 Å². The van der Waals surface area contributed by atoms with Crippen LogP contribution in [0.25, 0.3) is 0 Å². The zero-order valence-corrected chi connectivity index (χ0v) is 11.9. The minimum absolute atomic E-state index is 0.388. The highest BCUT2D eigenvalue weighted by molar-refractivity contribution is 5.92. The van der Waals surface area contributed by atoms with Crippen molar-refractivity contribution < 1.29 is 4.79 Å². The van der Waals surface area contributed by atoms with Crippen LogP contribution >= 0.6 is 0 Å². The van der Waals surface area contributed by atoms with Gasteiger partial charge in [0.1, 0.15) is 0 Å². The predicted molar refractivity (Wildman–Crippen MR) is 81.4 cm³/mol. The van der Waals surface area contributed by atoms with Crippen LogP contribution in [0.1, 0.15) is 32.6 Å². The van der Waals surface area contributed by atoms with E-state index in [0.717, 1.165) is 12.1 Å². The molecule has 0 aliphatic heterocycles. The van der Waals surface area contributed by atoms with Gasteiger partial charge in [-0.05, 0) is 48.2 Å². The number of carbonyl (C=O) groups is 1. The number of nitrogens with two attached hydrogens (primary N) is 1. The first-order valence-electron chi connectivity index (χ1n) is 6.72. The number of nitrogens with one attached hydrogen (secondary N) is 1. The van der Waals surface area contributed by atoms with Gasteiger partial charge in [0.25, 0.3) is 0 Å². The molecule has 104 valence electrons. The van der Waals surface area contributed by atoms with Crippen LogP contribution in [0.4, 0.5) is 0 Å². The van der Waals surface area contributed by atoms with Crippen molar-refractivity contribution in [3.63, 3.8) is 0 Å². The van der Waals surface area contributed by atoms with Crippen molar-refractivity contribution in [1.82, 2.24) is 5.32 Å². The Kier molecular flexibility index (Phi) is 4.53. The summed E-state index contributed by atoms with van der Waals surface area (Å²) in [6.45, 7) is 5.76. The molecule has 2 aromatic rings. The lowest BCUT2D eigenvalue weighted by atomic mass is 10.1. The van der Waals surface area contributed by atoms with Crippen molar-refractivity contribution in [2.45, 2.75) is 26.9 Å². The first-order chi connectivity index (χ1) is 9.56. The fraction of sp³-hybridized carbons (Fsp3) is 0.235. The van der Waals surface area contributed by atoms with E-state index in [9.17, 15) is 4.79 Å². The molecular weight excluding hydrogens is 248 g/mol. The summed E-state index contributed by atoms with van der Waals surface area (Å²) < 4.78 is 0. The van der Waals surface area contributed by atoms with Crippen molar-refractivity contribution in [3.8, 4) is 0 Å². The van der Waals surface area contributed by atoms with Crippen LogP contribution in [0.2, 0.25) is 0 Å². The molecule has 0 saturated heterocycles. The van der Waals surface area contributed by atoms with Crippen LogP contribution in [0.15, 0.2) is 42.5 Å². The zero-order chi connectivity index (χ0) is 14.5. The molecule has 0 aromatic heterocycles.